The van der Waals surface area contributed by atoms with Crippen molar-refractivity contribution in [2.75, 3.05) is 6.61 Å². The van der Waals surface area contributed by atoms with Crippen molar-refractivity contribution in [1.82, 2.24) is 0 Å². The van der Waals surface area contributed by atoms with Gasteiger partial charge in [0.25, 0.3) is 0 Å². The van der Waals surface area contributed by atoms with Crippen molar-refractivity contribution in [3.63, 3.8) is 0 Å². The molecule has 0 aliphatic rings. The number of ether oxygens (including phenoxy) is 1. The van der Waals surface area contributed by atoms with Gasteiger partial charge in [0, 0.05) is 19.4 Å². The molecular formula is C20H22O4. The van der Waals surface area contributed by atoms with Crippen LogP contribution in [0.1, 0.15) is 29.3 Å². The van der Waals surface area contributed by atoms with Crippen molar-refractivity contribution in [3.8, 4) is 0 Å². The average Bonchev–Trinajstić information content (AvgIpc) is 2.62. The number of carbonyl (C=O) groups is 2. The van der Waals surface area contributed by atoms with E-state index in [0.717, 1.165) is 5.56 Å². The van der Waals surface area contributed by atoms with Gasteiger partial charge in [-0.2, -0.15) is 0 Å². The Morgan fingerprint density at radius 3 is 2.17 bits per heavy atom. The quantitative estimate of drug-likeness (QED) is 0.757. The summed E-state index contributed by atoms with van der Waals surface area (Å²) in [6.07, 6.45) is -0.346. The van der Waals surface area contributed by atoms with Crippen LogP contribution < -0.4 is 0 Å². The molecular weight excluding hydrogens is 304 g/mol. The topological polar surface area (TPSA) is 63.6 Å². The van der Waals surface area contributed by atoms with Gasteiger partial charge in [0.1, 0.15) is 0 Å². The molecule has 0 spiro atoms. The first-order chi connectivity index (χ1) is 11.6. The van der Waals surface area contributed by atoms with Gasteiger partial charge in [0.05, 0.1) is 5.56 Å². The number of hydrogen-bond acceptors (Lipinski definition) is 4. The Bertz CT molecular complexity index is 652. The van der Waals surface area contributed by atoms with Gasteiger partial charge in [-0.25, -0.2) is 4.79 Å². The molecule has 0 aliphatic carbocycles. The summed E-state index contributed by atoms with van der Waals surface area (Å²) in [4.78, 5) is 24.8. The van der Waals surface area contributed by atoms with Gasteiger partial charge in [0.15, 0.2) is 11.9 Å². The van der Waals surface area contributed by atoms with E-state index in [-0.39, 0.29) is 24.7 Å². The summed E-state index contributed by atoms with van der Waals surface area (Å²) < 4.78 is 5.48. The minimum atomic E-state index is -0.853. The standard InChI is InChI=1S/C20H22O4/c1-15(14-21)12-18(22)19(13-16-8-4-2-5-9-16)24-20(23)17-10-6-3-7-11-17/h2-11,15,19,21H,12-14H2,1H3/t15?,19-/m0/s1. The van der Waals surface area contributed by atoms with E-state index in [2.05, 4.69) is 0 Å². The molecule has 0 fully saturated rings. The van der Waals surface area contributed by atoms with Crippen molar-refractivity contribution >= 4 is 11.8 Å². The van der Waals surface area contributed by atoms with Gasteiger partial charge < -0.3 is 9.84 Å². The molecule has 0 amide bonds. The predicted molar refractivity (Wildman–Crippen MR) is 91.7 cm³/mol. The molecule has 0 bridgehead atoms. The van der Waals surface area contributed by atoms with Crippen molar-refractivity contribution in [3.05, 3.63) is 71.8 Å². The fourth-order valence-corrected chi connectivity index (χ4v) is 2.36. The fourth-order valence-electron chi connectivity index (χ4n) is 2.36. The zero-order chi connectivity index (χ0) is 17.4. The minimum absolute atomic E-state index is 0.0730. The number of esters is 1. The molecule has 2 aromatic rings. The lowest BCUT2D eigenvalue weighted by molar-refractivity contribution is -0.128. The van der Waals surface area contributed by atoms with E-state index in [1.54, 1.807) is 31.2 Å². The van der Waals surface area contributed by atoms with Gasteiger partial charge in [-0.15, -0.1) is 0 Å². The minimum Gasteiger partial charge on any atom is -0.450 e. The molecule has 0 aliphatic heterocycles. The van der Waals surface area contributed by atoms with Crippen LogP contribution >= 0.6 is 0 Å². The second-order valence-corrected chi connectivity index (χ2v) is 5.91. The maximum Gasteiger partial charge on any atom is 0.338 e. The molecule has 4 heteroatoms. The number of Topliss-reactive ketones (excluding diaryl/α,β-unsaturated/α-hetero) is 1. The SMILES string of the molecule is CC(CO)CC(=O)[C@H](Cc1ccccc1)OC(=O)c1ccccc1. The molecule has 2 rings (SSSR count). The van der Waals surface area contributed by atoms with E-state index in [1.165, 1.54) is 0 Å². The lowest BCUT2D eigenvalue weighted by Gasteiger charge is -2.18. The Hall–Kier alpha value is -2.46. The molecule has 0 aromatic heterocycles. The second-order valence-electron chi connectivity index (χ2n) is 5.91. The molecule has 2 atom stereocenters. The Morgan fingerprint density at radius 1 is 1.00 bits per heavy atom. The summed E-state index contributed by atoms with van der Waals surface area (Å²) in [5.41, 5.74) is 1.34. The van der Waals surface area contributed by atoms with Crippen LogP contribution in [0.2, 0.25) is 0 Å². The van der Waals surface area contributed by atoms with Crippen molar-refractivity contribution < 1.29 is 19.4 Å². The third-order valence-electron chi connectivity index (χ3n) is 3.74. The maximum atomic E-state index is 12.5. The monoisotopic (exact) mass is 326 g/mol. The molecule has 0 saturated heterocycles. The van der Waals surface area contributed by atoms with Gasteiger partial charge >= 0.3 is 5.97 Å². The van der Waals surface area contributed by atoms with Crippen LogP contribution in [0.5, 0.6) is 0 Å². The molecule has 1 unspecified atom stereocenters. The van der Waals surface area contributed by atoms with Gasteiger partial charge in [-0.1, -0.05) is 55.5 Å². The zero-order valence-electron chi connectivity index (χ0n) is 13.7. The third kappa shape index (κ3) is 5.32. The Morgan fingerprint density at radius 2 is 1.58 bits per heavy atom. The number of benzene rings is 2. The lowest BCUT2D eigenvalue weighted by Crippen LogP contribution is -2.31. The first-order valence-corrected chi connectivity index (χ1v) is 8.03. The average molecular weight is 326 g/mol. The highest BCUT2D eigenvalue weighted by atomic mass is 16.5. The number of ketones is 1. The summed E-state index contributed by atoms with van der Waals surface area (Å²) in [5, 5.41) is 9.16. The summed E-state index contributed by atoms with van der Waals surface area (Å²) in [6.45, 7) is 1.72. The van der Waals surface area contributed by atoms with Crippen LogP contribution in [0.4, 0.5) is 0 Å². The molecule has 0 saturated carbocycles. The summed E-state index contributed by atoms with van der Waals surface area (Å²) >= 11 is 0. The third-order valence-corrected chi connectivity index (χ3v) is 3.74. The normalized spacial score (nSPS) is 13.1. The van der Waals surface area contributed by atoms with E-state index >= 15 is 0 Å². The van der Waals surface area contributed by atoms with Crippen molar-refractivity contribution in [2.45, 2.75) is 25.9 Å². The first kappa shape index (κ1) is 17.9. The van der Waals surface area contributed by atoms with Crippen molar-refractivity contribution in [1.29, 1.82) is 0 Å². The van der Waals surface area contributed by atoms with E-state index in [4.69, 9.17) is 9.84 Å². The van der Waals surface area contributed by atoms with Crippen LogP contribution in [0, 0.1) is 5.92 Å². The number of rotatable bonds is 8. The molecule has 0 heterocycles. The molecule has 1 N–H and O–H groups in total. The summed E-state index contributed by atoms with van der Waals surface area (Å²) in [7, 11) is 0. The highest BCUT2D eigenvalue weighted by Gasteiger charge is 2.25. The highest BCUT2D eigenvalue weighted by molar-refractivity contribution is 5.92. The number of carbonyl (C=O) groups excluding carboxylic acids is 2. The Labute approximate surface area is 142 Å². The van der Waals surface area contributed by atoms with Crippen LogP contribution in [-0.2, 0) is 16.0 Å². The van der Waals surface area contributed by atoms with Crippen LogP contribution in [-0.4, -0.2) is 29.6 Å². The predicted octanol–water partition coefficient (Wildman–Crippen LogP) is 3.04. The zero-order valence-corrected chi connectivity index (χ0v) is 13.7. The Balaban J connectivity index is 2.12. The van der Waals surface area contributed by atoms with E-state index < -0.39 is 12.1 Å². The van der Waals surface area contributed by atoms with Gasteiger partial charge in [0.2, 0.25) is 0 Å². The van der Waals surface area contributed by atoms with Crippen LogP contribution in [0.15, 0.2) is 60.7 Å². The largest absolute Gasteiger partial charge is 0.450 e. The molecule has 4 nitrogen and oxygen atoms in total. The first-order valence-electron chi connectivity index (χ1n) is 8.03. The lowest BCUT2D eigenvalue weighted by atomic mass is 9.98. The summed E-state index contributed by atoms with van der Waals surface area (Å²) in [6, 6.07) is 18.1. The summed E-state index contributed by atoms with van der Waals surface area (Å²) in [5.74, 6) is -0.850. The van der Waals surface area contributed by atoms with E-state index in [9.17, 15) is 9.59 Å². The molecule has 0 radical (unpaired) electrons. The molecule has 24 heavy (non-hydrogen) atoms. The fraction of sp³-hybridized carbons (Fsp3) is 0.300. The second kappa shape index (κ2) is 8.99. The smallest absolute Gasteiger partial charge is 0.338 e. The van der Waals surface area contributed by atoms with Crippen molar-refractivity contribution in [2.24, 2.45) is 5.92 Å². The molecule has 2 aromatic carbocycles. The molecule has 126 valence electrons. The number of aliphatic hydroxyl groups is 1. The highest BCUT2D eigenvalue weighted by Crippen LogP contribution is 2.14. The van der Waals surface area contributed by atoms with Crippen LogP contribution in [0.25, 0.3) is 0 Å². The van der Waals surface area contributed by atoms with E-state index in [1.807, 2.05) is 36.4 Å². The van der Waals surface area contributed by atoms with Crippen LogP contribution in [0.3, 0.4) is 0 Å². The Kier molecular flexibility index (Phi) is 6.70. The number of hydrogen-bond donors (Lipinski definition) is 1. The van der Waals surface area contributed by atoms with E-state index in [0.29, 0.717) is 12.0 Å². The number of aliphatic hydroxyl groups excluding tert-OH is 1. The maximum absolute atomic E-state index is 12.5. The van der Waals surface area contributed by atoms with Gasteiger partial charge in [-0.3, -0.25) is 4.79 Å². The van der Waals surface area contributed by atoms with Gasteiger partial charge in [-0.05, 0) is 23.6 Å².